The van der Waals surface area contributed by atoms with Gasteiger partial charge in [-0.3, -0.25) is 4.79 Å². The van der Waals surface area contributed by atoms with Crippen molar-refractivity contribution in [2.75, 3.05) is 44.0 Å². The van der Waals surface area contributed by atoms with Crippen LogP contribution in [0.4, 0.5) is 10.9 Å². The predicted molar refractivity (Wildman–Crippen MR) is 80.2 cm³/mol. The molecule has 0 aliphatic carbocycles. The molecular weight excluding hydrogens is 278 g/mol. The van der Waals surface area contributed by atoms with Crippen molar-refractivity contribution in [1.82, 2.24) is 10.3 Å². The fraction of sp³-hybridized carbons (Fsp3) is 0.667. The van der Waals surface area contributed by atoms with E-state index in [1.54, 1.807) is 7.11 Å². The van der Waals surface area contributed by atoms with Crippen molar-refractivity contribution in [2.24, 2.45) is 5.73 Å². The number of nitrogens with one attached hydrogen (secondary N) is 1. The molecule has 1 aromatic heterocycles. The second-order valence-electron chi connectivity index (χ2n) is 4.81. The fourth-order valence-corrected chi connectivity index (χ4v) is 3.09. The van der Waals surface area contributed by atoms with Crippen LogP contribution < -0.4 is 21.7 Å². The Morgan fingerprint density at radius 3 is 3.15 bits per heavy atom. The minimum Gasteiger partial charge on any atom is -0.383 e. The number of ether oxygens (including phenoxy) is 1. The highest BCUT2D eigenvalue weighted by Crippen LogP contribution is 2.29. The van der Waals surface area contributed by atoms with Gasteiger partial charge in [-0.15, -0.1) is 0 Å². The van der Waals surface area contributed by atoms with Crippen molar-refractivity contribution in [2.45, 2.75) is 18.9 Å². The molecule has 1 amide bonds. The number of piperidine rings is 1. The van der Waals surface area contributed by atoms with Gasteiger partial charge in [-0.05, 0) is 12.8 Å². The number of nitrogen functional groups attached to an aromatic ring is 1. The van der Waals surface area contributed by atoms with Crippen LogP contribution in [-0.2, 0) is 4.74 Å². The van der Waals surface area contributed by atoms with Crippen LogP contribution in [0.1, 0.15) is 22.5 Å². The van der Waals surface area contributed by atoms with Gasteiger partial charge < -0.3 is 26.4 Å². The van der Waals surface area contributed by atoms with E-state index in [0.717, 1.165) is 31.1 Å². The van der Waals surface area contributed by atoms with E-state index in [2.05, 4.69) is 15.2 Å². The number of rotatable bonds is 5. The molecule has 1 aliphatic heterocycles. The molecular formula is C12H21N5O2S. The Morgan fingerprint density at radius 2 is 2.45 bits per heavy atom. The molecule has 20 heavy (non-hydrogen) atoms. The van der Waals surface area contributed by atoms with Crippen molar-refractivity contribution in [3.05, 3.63) is 4.88 Å². The molecule has 1 atom stereocenters. The third kappa shape index (κ3) is 3.59. The SMILES string of the molecule is COCCNC(=O)c1sc(N2CCCC(N)C2)nc1N. The summed E-state index contributed by atoms with van der Waals surface area (Å²) in [6.45, 7) is 2.60. The van der Waals surface area contributed by atoms with E-state index in [1.165, 1.54) is 11.3 Å². The third-order valence-electron chi connectivity index (χ3n) is 3.17. The first-order valence-electron chi connectivity index (χ1n) is 6.65. The molecule has 1 aliphatic rings. The van der Waals surface area contributed by atoms with Gasteiger partial charge in [-0.25, -0.2) is 4.98 Å². The van der Waals surface area contributed by atoms with Gasteiger partial charge in [0, 0.05) is 32.8 Å². The molecule has 0 radical (unpaired) electrons. The van der Waals surface area contributed by atoms with Crippen LogP contribution in [0.3, 0.4) is 0 Å². The molecule has 0 spiro atoms. The molecule has 0 bridgehead atoms. The van der Waals surface area contributed by atoms with Crippen LogP contribution >= 0.6 is 11.3 Å². The summed E-state index contributed by atoms with van der Waals surface area (Å²) in [5.41, 5.74) is 11.8. The Bertz CT molecular complexity index is 465. The summed E-state index contributed by atoms with van der Waals surface area (Å²) in [7, 11) is 1.59. The van der Waals surface area contributed by atoms with Crippen molar-refractivity contribution < 1.29 is 9.53 Å². The number of hydrogen-bond acceptors (Lipinski definition) is 7. The van der Waals surface area contributed by atoms with Crippen molar-refractivity contribution in [1.29, 1.82) is 0 Å². The lowest BCUT2D eigenvalue weighted by atomic mass is 10.1. The van der Waals surface area contributed by atoms with Gasteiger partial charge >= 0.3 is 0 Å². The van der Waals surface area contributed by atoms with E-state index < -0.39 is 0 Å². The van der Waals surface area contributed by atoms with E-state index in [0.29, 0.717) is 18.0 Å². The Kier molecular flexibility index (Phi) is 5.16. The van der Waals surface area contributed by atoms with Crippen molar-refractivity contribution in [3.8, 4) is 0 Å². The third-order valence-corrected chi connectivity index (χ3v) is 4.30. The molecule has 8 heteroatoms. The number of nitrogens with two attached hydrogens (primary N) is 2. The lowest BCUT2D eigenvalue weighted by molar-refractivity contribution is 0.0942. The van der Waals surface area contributed by atoms with E-state index in [1.807, 2.05) is 0 Å². The smallest absolute Gasteiger partial charge is 0.265 e. The first-order chi connectivity index (χ1) is 9.61. The average molecular weight is 299 g/mol. The minimum absolute atomic E-state index is 0.160. The first-order valence-corrected chi connectivity index (χ1v) is 7.47. The highest BCUT2D eigenvalue weighted by Gasteiger charge is 2.23. The summed E-state index contributed by atoms with van der Waals surface area (Å²) >= 11 is 1.32. The average Bonchev–Trinajstić information content (AvgIpc) is 2.81. The van der Waals surface area contributed by atoms with Gasteiger partial charge in [0.25, 0.3) is 5.91 Å². The fourth-order valence-electron chi connectivity index (χ4n) is 2.15. The minimum atomic E-state index is -0.204. The van der Waals surface area contributed by atoms with E-state index in [9.17, 15) is 4.79 Å². The topological polar surface area (TPSA) is 106 Å². The number of methoxy groups -OCH3 is 1. The van der Waals surface area contributed by atoms with Crippen LogP contribution in [-0.4, -0.2) is 50.3 Å². The number of carbonyl (C=O) groups excluding carboxylic acids is 1. The summed E-state index contributed by atoms with van der Waals surface area (Å²) in [5.74, 6) is 0.0728. The van der Waals surface area contributed by atoms with Crippen LogP contribution in [0, 0.1) is 0 Å². The molecule has 1 aromatic rings. The summed E-state index contributed by atoms with van der Waals surface area (Å²) in [6, 6.07) is 0.160. The summed E-state index contributed by atoms with van der Waals surface area (Å²) in [5, 5.41) is 3.52. The van der Waals surface area contributed by atoms with Gasteiger partial charge in [0.2, 0.25) is 0 Å². The van der Waals surface area contributed by atoms with E-state index >= 15 is 0 Å². The first kappa shape index (κ1) is 15.0. The number of anilines is 2. The molecule has 0 aromatic carbocycles. The second-order valence-corrected chi connectivity index (χ2v) is 5.79. The number of carbonyl (C=O) groups is 1. The van der Waals surface area contributed by atoms with Gasteiger partial charge in [0.1, 0.15) is 10.7 Å². The summed E-state index contributed by atoms with van der Waals surface area (Å²) in [6.07, 6.45) is 2.07. The molecule has 2 heterocycles. The second kappa shape index (κ2) is 6.87. The van der Waals surface area contributed by atoms with E-state index in [4.69, 9.17) is 16.2 Å². The van der Waals surface area contributed by atoms with Gasteiger partial charge in [-0.2, -0.15) is 0 Å². The van der Waals surface area contributed by atoms with Gasteiger partial charge in [-0.1, -0.05) is 11.3 Å². The number of hydrogen-bond donors (Lipinski definition) is 3. The van der Waals surface area contributed by atoms with Gasteiger partial charge in [0.15, 0.2) is 5.13 Å². The predicted octanol–water partition coefficient (Wildman–Crippen LogP) is 0.0290. The van der Waals surface area contributed by atoms with Crippen molar-refractivity contribution >= 4 is 28.2 Å². The quantitative estimate of drug-likeness (QED) is 0.662. The number of thiazole rings is 1. The normalized spacial score (nSPS) is 19.1. The zero-order valence-electron chi connectivity index (χ0n) is 11.6. The Balaban J connectivity index is 2.03. The highest BCUT2D eigenvalue weighted by atomic mass is 32.1. The van der Waals surface area contributed by atoms with E-state index in [-0.39, 0.29) is 17.8 Å². The summed E-state index contributed by atoms with van der Waals surface area (Å²) < 4.78 is 4.89. The molecule has 2 rings (SSSR count). The maximum absolute atomic E-state index is 12.0. The van der Waals surface area contributed by atoms with Crippen LogP contribution in [0.15, 0.2) is 0 Å². The van der Waals surface area contributed by atoms with Crippen LogP contribution in [0.2, 0.25) is 0 Å². The highest BCUT2D eigenvalue weighted by molar-refractivity contribution is 7.18. The zero-order chi connectivity index (χ0) is 14.5. The molecule has 1 unspecified atom stereocenters. The van der Waals surface area contributed by atoms with Crippen molar-refractivity contribution in [3.63, 3.8) is 0 Å². The Labute approximate surface area is 122 Å². The molecule has 5 N–H and O–H groups in total. The standard InChI is InChI=1S/C12H21N5O2S/c1-19-6-4-15-11(18)9-10(14)16-12(20-9)17-5-2-3-8(13)7-17/h8H,2-7,13-14H2,1H3,(H,15,18). The Hall–Kier alpha value is -1.38. The molecule has 7 nitrogen and oxygen atoms in total. The molecule has 1 saturated heterocycles. The summed E-state index contributed by atoms with van der Waals surface area (Å²) in [4.78, 5) is 18.8. The maximum Gasteiger partial charge on any atom is 0.265 e. The zero-order valence-corrected chi connectivity index (χ0v) is 12.4. The lowest BCUT2D eigenvalue weighted by Gasteiger charge is -2.30. The van der Waals surface area contributed by atoms with Crippen LogP contribution in [0.25, 0.3) is 0 Å². The number of aromatic nitrogens is 1. The Morgan fingerprint density at radius 1 is 1.65 bits per heavy atom. The van der Waals surface area contributed by atoms with Gasteiger partial charge in [0.05, 0.1) is 6.61 Å². The molecule has 1 fully saturated rings. The monoisotopic (exact) mass is 299 g/mol. The molecule has 112 valence electrons. The molecule has 0 saturated carbocycles. The lowest BCUT2D eigenvalue weighted by Crippen LogP contribution is -2.42. The van der Waals surface area contributed by atoms with Crippen LogP contribution in [0.5, 0.6) is 0 Å². The largest absolute Gasteiger partial charge is 0.383 e. The number of amides is 1. The number of nitrogens with zero attached hydrogens (tertiary/aromatic N) is 2. The maximum atomic E-state index is 12.0.